The first-order chi connectivity index (χ1) is 10.6. The highest BCUT2D eigenvalue weighted by atomic mass is 35.5. The van der Waals surface area contributed by atoms with E-state index in [2.05, 4.69) is 10.2 Å². The number of halogens is 1. The summed E-state index contributed by atoms with van der Waals surface area (Å²) in [5.41, 5.74) is 1.05. The Labute approximate surface area is 135 Å². The van der Waals surface area contributed by atoms with Crippen LogP contribution in [0.25, 0.3) is 0 Å². The van der Waals surface area contributed by atoms with E-state index >= 15 is 0 Å². The van der Waals surface area contributed by atoms with Gasteiger partial charge in [0.25, 0.3) is 0 Å². The Kier molecular flexibility index (Phi) is 4.36. The van der Waals surface area contributed by atoms with Gasteiger partial charge in [0.05, 0.1) is 0 Å². The summed E-state index contributed by atoms with van der Waals surface area (Å²) in [6.07, 6.45) is 0.636. The number of carbonyl (C=O) groups excluding carboxylic acids is 2. The fraction of sp³-hybridized carbons (Fsp3) is 0.500. The summed E-state index contributed by atoms with van der Waals surface area (Å²) < 4.78 is 0. The van der Waals surface area contributed by atoms with Crippen LogP contribution in [0.1, 0.15) is 18.9 Å². The maximum atomic E-state index is 12.3. The number of hydrogen-bond acceptors (Lipinski definition) is 3. The van der Waals surface area contributed by atoms with Gasteiger partial charge in [-0.05, 0) is 18.1 Å². The number of nitrogens with zero attached hydrogens (tertiary/aromatic N) is 2. The summed E-state index contributed by atoms with van der Waals surface area (Å²) in [5.74, 6) is -0.000183. The Hall–Kier alpha value is -1.59. The average Bonchev–Trinajstić information content (AvgIpc) is 2.53. The summed E-state index contributed by atoms with van der Waals surface area (Å²) in [5, 5.41) is 3.56. The number of piperazine rings is 2. The van der Waals surface area contributed by atoms with E-state index in [1.165, 1.54) is 0 Å². The Morgan fingerprint density at radius 2 is 2.05 bits per heavy atom. The van der Waals surface area contributed by atoms with Crippen molar-refractivity contribution >= 4 is 23.4 Å². The predicted molar refractivity (Wildman–Crippen MR) is 84.5 cm³/mol. The van der Waals surface area contributed by atoms with Crippen molar-refractivity contribution in [1.29, 1.82) is 0 Å². The molecule has 2 aliphatic heterocycles. The van der Waals surface area contributed by atoms with E-state index in [4.69, 9.17) is 11.6 Å². The van der Waals surface area contributed by atoms with Crippen LogP contribution in [0.15, 0.2) is 24.3 Å². The highest BCUT2D eigenvalue weighted by Crippen LogP contribution is 2.21. The van der Waals surface area contributed by atoms with Gasteiger partial charge in [-0.2, -0.15) is 0 Å². The molecule has 2 amide bonds. The number of benzene rings is 1. The summed E-state index contributed by atoms with van der Waals surface area (Å²) in [7, 11) is 0. The summed E-state index contributed by atoms with van der Waals surface area (Å²) in [6, 6.07) is 6.98. The monoisotopic (exact) mass is 321 g/mol. The van der Waals surface area contributed by atoms with Crippen molar-refractivity contribution in [2.24, 2.45) is 0 Å². The minimum absolute atomic E-state index is 0.0458. The maximum Gasteiger partial charge on any atom is 0.245 e. The Morgan fingerprint density at radius 1 is 1.27 bits per heavy atom. The molecule has 6 heteroatoms. The molecule has 2 saturated heterocycles. The van der Waals surface area contributed by atoms with Crippen LogP contribution in [0, 0.1) is 0 Å². The van der Waals surface area contributed by atoms with E-state index in [0.29, 0.717) is 26.1 Å². The van der Waals surface area contributed by atoms with Crippen LogP contribution < -0.4 is 5.32 Å². The minimum Gasteiger partial charge on any atom is -0.342 e. The third-order valence-corrected chi connectivity index (χ3v) is 4.79. The van der Waals surface area contributed by atoms with Crippen LogP contribution >= 0.6 is 11.6 Å². The number of rotatable bonds is 3. The molecule has 0 spiro atoms. The molecule has 0 bridgehead atoms. The third kappa shape index (κ3) is 2.83. The predicted octanol–water partition coefficient (Wildman–Crippen LogP) is 1.26. The SMILES string of the molecule is CC[C@@H]1NC(=O)[C@H]2CN(Cc3ccccc3Cl)CCN2C1=O. The van der Waals surface area contributed by atoms with Gasteiger partial charge in [-0.25, -0.2) is 0 Å². The van der Waals surface area contributed by atoms with Gasteiger partial charge in [0.2, 0.25) is 11.8 Å². The molecule has 1 aromatic carbocycles. The van der Waals surface area contributed by atoms with Crippen molar-refractivity contribution in [3.8, 4) is 0 Å². The Morgan fingerprint density at radius 3 is 2.77 bits per heavy atom. The minimum atomic E-state index is -0.383. The molecular weight excluding hydrogens is 302 g/mol. The first kappa shape index (κ1) is 15.3. The molecule has 2 aliphatic rings. The lowest BCUT2D eigenvalue weighted by Crippen LogP contribution is -2.68. The highest BCUT2D eigenvalue weighted by molar-refractivity contribution is 6.31. The van der Waals surface area contributed by atoms with Crippen LogP contribution in [0.5, 0.6) is 0 Å². The second-order valence-corrected chi connectivity index (χ2v) is 6.25. The fourth-order valence-corrected chi connectivity index (χ4v) is 3.34. The van der Waals surface area contributed by atoms with E-state index in [9.17, 15) is 9.59 Å². The molecule has 3 rings (SSSR count). The molecule has 0 saturated carbocycles. The molecule has 5 nitrogen and oxygen atoms in total. The molecule has 2 fully saturated rings. The molecule has 0 radical (unpaired) electrons. The zero-order valence-electron chi connectivity index (χ0n) is 12.6. The van der Waals surface area contributed by atoms with Gasteiger partial charge in [-0.15, -0.1) is 0 Å². The molecular formula is C16H20ClN3O2. The van der Waals surface area contributed by atoms with E-state index in [-0.39, 0.29) is 23.9 Å². The number of carbonyl (C=O) groups is 2. The molecule has 0 aromatic heterocycles. The van der Waals surface area contributed by atoms with Crippen LogP contribution in [0.4, 0.5) is 0 Å². The van der Waals surface area contributed by atoms with Gasteiger partial charge >= 0.3 is 0 Å². The van der Waals surface area contributed by atoms with E-state index in [0.717, 1.165) is 17.1 Å². The second-order valence-electron chi connectivity index (χ2n) is 5.84. The van der Waals surface area contributed by atoms with Gasteiger partial charge < -0.3 is 10.2 Å². The number of nitrogens with one attached hydrogen (secondary N) is 1. The van der Waals surface area contributed by atoms with Crippen LogP contribution in [0.3, 0.4) is 0 Å². The Bertz CT molecular complexity index is 593. The zero-order valence-corrected chi connectivity index (χ0v) is 13.3. The van der Waals surface area contributed by atoms with Crippen LogP contribution in [0.2, 0.25) is 5.02 Å². The quantitative estimate of drug-likeness (QED) is 0.912. The highest BCUT2D eigenvalue weighted by Gasteiger charge is 2.42. The summed E-state index contributed by atoms with van der Waals surface area (Å²) in [4.78, 5) is 28.5. The lowest BCUT2D eigenvalue weighted by Gasteiger charge is -2.45. The normalized spacial score (nSPS) is 25.8. The van der Waals surface area contributed by atoms with E-state index < -0.39 is 0 Å². The molecule has 0 aliphatic carbocycles. The molecule has 0 unspecified atom stereocenters. The first-order valence-corrected chi connectivity index (χ1v) is 8.04. The van der Waals surface area contributed by atoms with Crippen molar-refractivity contribution in [2.45, 2.75) is 32.0 Å². The zero-order chi connectivity index (χ0) is 15.7. The standard InChI is InChI=1S/C16H20ClN3O2/c1-2-13-16(22)20-8-7-19(10-14(20)15(21)18-13)9-11-5-3-4-6-12(11)17/h3-6,13-14H,2,7-10H2,1H3,(H,18,21)/t13-,14+/m0/s1. The van der Waals surface area contributed by atoms with Gasteiger partial charge in [0, 0.05) is 31.2 Å². The van der Waals surface area contributed by atoms with Crippen LogP contribution in [-0.2, 0) is 16.1 Å². The van der Waals surface area contributed by atoms with Crippen molar-refractivity contribution in [1.82, 2.24) is 15.1 Å². The third-order valence-electron chi connectivity index (χ3n) is 4.42. The first-order valence-electron chi connectivity index (χ1n) is 7.66. The van der Waals surface area contributed by atoms with Crippen molar-refractivity contribution in [3.05, 3.63) is 34.9 Å². The van der Waals surface area contributed by atoms with Gasteiger partial charge in [0.15, 0.2) is 0 Å². The van der Waals surface area contributed by atoms with E-state index in [1.54, 1.807) is 4.90 Å². The van der Waals surface area contributed by atoms with E-state index in [1.807, 2.05) is 31.2 Å². The molecule has 1 aromatic rings. The van der Waals surface area contributed by atoms with Crippen molar-refractivity contribution in [3.63, 3.8) is 0 Å². The molecule has 2 heterocycles. The number of hydrogen-bond donors (Lipinski definition) is 1. The molecule has 2 atom stereocenters. The van der Waals surface area contributed by atoms with Crippen molar-refractivity contribution < 1.29 is 9.59 Å². The van der Waals surface area contributed by atoms with Gasteiger partial charge in [-0.1, -0.05) is 36.7 Å². The lowest BCUT2D eigenvalue weighted by atomic mass is 10.0. The number of fused-ring (bicyclic) bond motifs is 1. The second kappa shape index (κ2) is 6.26. The van der Waals surface area contributed by atoms with Crippen molar-refractivity contribution in [2.75, 3.05) is 19.6 Å². The lowest BCUT2D eigenvalue weighted by molar-refractivity contribution is -0.153. The van der Waals surface area contributed by atoms with Crippen LogP contribution in [-0.4, -0.2) is 53.3 Å². The topological polar surface area (TPSA) is 52.7 Å². The van der Waals surface area contributed by atoms with Gasteiger partial charge in [-0.3, -0.25) is 14.5 Å². The smallest absolute Gasteiger partial charge is 0.245 e. The number of amides is 2. The fourth-order valence-electron chi connectivity index (χ4n) is 3.15. The molecule has 22 heavy (non-hydrogen) atoms. The summed E-state index contributed by atoms with van der Waals surface area (Å²) in [6.45, 7) is 4.52. The average molecular weight is 322 g/mol. The summed E-state index contributed by atoms with van der Waals surface area (Å²) >= 11 is 6.20. The molecule has 118 valence electrons. The maximum absolute atomic E-state index is 12.3. The molecule has 1 N–H and O–H groups in total. The van der Waals surface area contributed by atoms with Gasteiger partial charge in [0.1, 0.15) is 12.1 Å². The Balaban J connectivity index is 1.70. The largest absolute Gasteiger partial charge is 0.342 e.